The second kappa shape index (κ2) is 7.68. The summed E-state index contributed by atoms with van der Waals surface area (Å²) in [5, 5.41) is 13.3. The number of fused-ring (bicyclic) bond motifs is 6. The molecule has 8 nitrogen and oxygen atoms in total. The Balaban J connectivity index is 1.30. The highest BCUT2D eigenvalue weighted by atomic mass is 35.5. The van der Waals surface area contributed by atoms with Crippen LogP contribution in [0, 0.1) is 17.1 Å². The summed E-state index contributed by atoms with van der Waals surface area (Å²) < 4.78 is 13.5. The third kappa shape index (κ3) is 3.07. The molecule has 0 unspecified atom stereocenters. The Morgan fingerprint density at radius 1 is 1.11 bits per heavy atom. The van der Waals surface area contributed by atoms with Crippen molar-refractivity contribution >= 4 is 51.7 Å². The highest BCUT2D eigenvalue weighted by Crippen LogP contribution is 2.44. The molecule has 3 fully saturated rings. The average Bonchev–Trinajstić information content (AvgIpc) is 3.52. The number of benzene rings is 3. The molecule has 10 heteroatoms. The molecule has 3 aromatic rings. The number of amides is 5. The highest BCUT2D eigenvalue weighted by molar-refractivity contribution is 6.31. The third-order valence-corrected chi connectivity index (χ3v) is 7.25. The van der Waals surface area contributed by atoms with Gasteiger partial charge < -0.3 is 15.1 Å². The Labute approximate surface area is 204 Å². The van der Waals surface area contributed by atoms with Gasteiger partial charge in [0.1, 0.15) is 11.9 Å². The number of nitrogens with one attached hydrogen (secondary N) is 1. The number of nitriles is 1. The van der Waals surface area contributed by atoms with Crippen LogP contribution in [0.15, 0.2) is 54.6 Å². The van der Waals surface area contributed by atoms with Crippen molar-refractivity contribution < 1.29 is 18.8 Å². The van der Waals surface area contributed by atoms with Gasteiger partial charge in [0.2, 0.25) is 0 Å². The molecular formula is C25H17ClFN5O3. The van der Waals surface area contributed by atoms with Crippen LogP contribution in [0.2, 0.25) is 5.02 Å². The van der Waals surface area contributed by atoms with Crippen LogP contribution >= 0.6 is 11.6 Å². The Hall–Kier alpha value is -4.16. The number of carbonyl (C=O) groups is 3. The van der Waals surface area contributed by atoms with E-state index < -0.39 is 35.9 Å². The second-order valence-corrected chi connectivity index (χ2v) is 9.17. The zero-order valence-corrected chi connectivity index (χ0v) is 18.9. The fourth-order valence-electron chi connectivity index (χ4n) is 5.46. The topological polar surface area (TPSA) is 96.8 Å². The number of rotatable bonds is 2. The molecule has 3 atom stereocenters. The van der Waals surface area contributed by atoms with Crippen molar-refractivity contribution in [2.24, 2.45) is 0 Å². The quantitative estimate of drug-likeness (QED) is 0.542. The summed E-state index contributed by atoms with van der Waals surface area (Å²) in [6.45, 7) is 0.281. The van der Waals surface area contributed by atoms with Crippen molar-refractivity contribution in [3.63, 3.8) is 0 Å². The number of anilines is 2. The Bertz CT molecular complexity index is 1490. The van der Waals surface area contributed by atoms with Gasteiger partial charge in [0.05, 0.1) is 34.4 Å². The molecule has 35 heavy (non-hydrogen) atoms. The van der Waals surface area contributed by atoms with E-state index >= 15 is 0 Å². The number of likely N-dealkylation sites (tertiary alicyclic amines) is 1. The molecule has 0 aromatic heterocycles. The zero-order valence-electron chi connectivity index (χ0n) is 18.1. The molecular weight excluding hydrogens is 473 g/mol. The largest absolute Gasteiger partial charge is 0.332 e. The molecule has 1 N–H and O–H groups in total. The fourth-order valence-corrected chi connectivity index (χ4v) is 5.64. The van der Waals surface area contributed by atoms with E-state index in [1.807, 2.05) is 0 Å². The first kappa shape index (κ1) is 21.4. The van der Waals surface area contributed by atoms with E-state index in [0.29, 0.717) is 34.1 Å². The lowest BCUT2D eigenvalue weighted by Gasteiger charge is -2.34. The van der Waals surface area contributed by atoms with Crippen LogP contribution in [0.4, 0.5) is 25.4 Å². The minimum absolute atomic E-state index is 0.112. The summed E-state index contributed by atoms with van der Waals surface area (Å²) >= 11 is 5.81. The molecule has 3 aliphatic heterocycles. The van der Waals surface area contributed by atoms with Gasteiger partial charge in [-0.2, -0.15) is 5.26 Å². The van der Waals surface area contributed by atoms with E-state index in [9.17, 15) is 24.0 Å². The second-order valence-electron chi connectivity index (χ2n) is 8.77. The van der Waals surface area contributed by atoms with Crippen molar-refractivity contribution in [1.29, 1.82) is 5.26 Å². The van der Waals surface area contributed by atoms with E-state index in [2.05, 4.69) is 11.4 Å². The molecule has 3 aliphatic rings. The third-order valence-electron chi connectivity index (χ3n) is 6.96. The maximum absolute atomic E-state index is 13.6. The number of nitrogens with zero attached hydrogens (tertiary/aromatic N) is 4. The summed E-state index contributed by atoms with van der Waals surface area (Å²) in [7, 11) is 0. The molecule has 3 saturated heterocycles. The smallest absolute Gasteiger partial charge is 0.317 e. The van der Waals surface area contributed by atoms with Gasteiger partial charge >= 0.3 is 12.1 Å². The molecule has 0 saturated carbocycles. The van der Waals surface area contributed by atoms with E-state index in [1.54, 1.807) is 46.2 Å². The number of piperazine rings is 1. The molecule has 0 radical (unpaired) electrons. The SMILES string of the molecule is N#Cc1ccc(N2C(=O)[C@H]3[C@@H]4C[C@@H](CN4C(=O)Nc4ccc(F)c(Cl)c4)N3C2=O)c2ccccc12. The predicted molar refractivity (Wildman–Crippen MR) is 126 cm³/mol. The first-order chi connectivity index (χ1) is 16.9. The molecule has 5 amide bonds. The minimum atomic E-state index is -0.793. The normalized spacial score (nSPS) is 22.7. The van der Waals surface area contributed by atoms with Gasteiger partial charge in [-0.15, -0.1) is 0 Å². The fraction of sp³-hybridized carbons (Fsp3) is 0.200. The van der Waals surface area contributed by atoms with Crippen molar-refractivity contribution in [3.05, 3.63) is 71.0 Å². The first-order valence-electron chi connectivity index (χ1n) is 11.0. The Kier molecular flexibility index (Phi) is 4.69. The number of urea groups is 2. The summed E-state index contributed by atoms with van der Waals surface area (Å²) in [6.07, 6.45) is 0.502. The van der Waals surface area contributed by atoms with E-state index in [0.717, 1.165) is 11.0 Å². The molecule has 0 spiro atoms. The molecule has 2 bridgehead atoms. The lowest BCUT2D eigenvalue weighted by Crippen LogP contribution is -2.55. The van der Waals surface area contributed by atoms with Crippen LogP contribution in [0.1, 0.15) is 12.0 Å². The number of imide groups is 1. The number of carbonyl (C=O) groups excluding carboxylic acids is 3. The summed E-state index contributed by atoms with van der Waals surface area (Å²) in [5.74, 6) is -0.995. The van der Waals surface area contributed by atoms with Gasteiger partial charge in [-0.25, -0.2) is 18.9 Å². The lowest BCUT2D eigenvalue weighted by atomic mass is 10.0. The van der Waals surface area contributed by atoms with Gasteiger partial charge in [-0.1, -0.05) is 35.9 Å². The van der Waals surface area contributed by atoms with Crippen LogP contribution in [-0.2, 0) is 4.79 Å². The van der Waals surface area contributed by atoms with Crippen LogP contribution < -0.4 is 10.2 Å². The van der Waals surface area contributed by atoms with Crippen molar-refractivity contribution in [1.82, 2.24) is 9.80 Å². The average molecular weight is 490 g/mol. The molecule has 0 aliphatic carbocycles. The minimum Gasteiger partial charge on any atom is -0.317 e. The van der Waals surface area contributed by atoms with E-state index in [4.69, 9.17) is 11.6 Å². The van der Waals surface area contributed by atoms with Gasteiger partial charge in [0.25, 0.3) is 5.91 Å². The van der Waals surface area contributed by atoms with Gasteiger partial charge in [-0.3, -0.25) is 4.79 Å². The van der Waals surface area contributed by atoms with Crippen LogP contribution in [-0.4, -0.2) is 52.4 Å². The maximum atomic E-state index is 13.6. The Morgan fingerprint density at radius 2 is 1.89 bits per heavy atom. The molecule has 6 rings (SSSR count). The molecule has 174 valence electrons. The number of hydrogen-bond acceptors (Lipinski definition) is 4. The summed E-state index contributed by atoms with van der Waals surface area (Å²) in [6, 6.07) is 13.9. The van der Waals surface area contributed by atoms with Crippen molar-refractivity contribution in [2.45, 2.75) is 24.5 Å². The highest BCUT2D eigenvalue weighted by Gasteiger charge is 2.63. The lowest BCUT2D eigenvalue weighted by molar-refractivity contribution is -0.120. The van der Waals surface area contributed by atoms with Crippen LogP contribution in [0.5, 0.6) is 0 Å². The van der Waals surface area contributed by atoms with Crippen LogP contribution in [0.25, 0.3) is 10.8 Å². The molecule has 3 aromatic carbocycles. The van der Waals surface area contributed by atoms with E-state index in [-0.39, 0.29) is 17.6 Å². The first-order valence-corrected chi connectivity index (χ1v) is 11.4. The van der Waals surface area contributed by atoms with Gasteiger partial charge in [0, 0.05) is 23.0 Å². The molecule has 3 heterocycles. The van der Waals surface area contributed by atoms with Crippen molar-refractivity contribution in [3.8, 4) is 6.07 Å². The Morgan fingerprint density at radius 3 is 2.63 bits per heavy atom. The number of halogens is 2. The monoisotopic (exact) mass is 489 g/mol. The summed E-state index contributed by atoms with van der Waals surface area (Å²) in [5.41, 5.74) is 1.20. The standard InChI is InChI=1S/C25H17ClFN5O3/c26-18-9-14(6-7-19(18)27)29-24(34)30-12-15-10-21(30)22-23(33)32(25(35)31(15)22)20-8-5-13(11-28)16-3-1-2-4-17(16)20/h1-9,15,21-22H,10,12H2,(H,29,34)/t15-,21-,22+/m0/s1. The van der Waals surface area contributed by atoms with E-state index in [1.165, 1.54) is 12.1 Å². The van der Waals surface area contributed by atoms with Gasteiger partial charge in [-0.05, 0) is 36.8 Å². The van der Waals surface area contributed by atoms with Crippen molar-refractivity contribution in [2.75, 3.05) is 16.8 Å². The maximum Gasteiger partial charge on any atom is 0.332 e. The zero-order chi connectivity index (χ0) is 24.4. The predicted octanol–water partition coefficient (Wildman–Crippen LogP) is 4.33. The van der Waals surface area contributed by atoms with Crippen LogP contribution in [0.3, 0.4) is 0 Å². The number of hydrogen-bond donors (Lipinski definition) is 1. The van der Waals surface area contributed by atoms with Gasteiger partial charge in [0.15, 0.2) is 0 Å². The summed E-state index contributed by atoms with van der Waals surface area (Å²) in [4.78, 5) is 44.3.